The standard InChI is InChI=1S/C47H74O15/c1-12-23(2)43(51)60-35-20-32-31(47(52)18-16-30(24(3)48)46(35,47)8)14-13-28-19-29(15-17-45(28,32)7)59-36-21-33(53-9)40(26(5)56-36)61-37-22-34(54-10)41(27(6)57-37)62-44-39(50)42(55-11)38(49)25(4)58-44/h12-13,25-27,29-42,44,49-50,52H,14-22H2,1-11H3/b23-12+/t25-,26-,27-,29+,30-,31-,32+,33+,34+,35-,36+,37+,38-,39-,40-,41-,42+,44+,45+,46+,47-/m1/s1. The van der Waals surface area contributed by atoms with E-state index in [1.807, 2.05) is 27.7 Å². The van der Waals surface area contributed by atoms with E-state index >= 15 is 0 Å². The van der Waals surface area contributed by atoms with Crippen molar-refractivity contribution in [3.05, 3.63) is 23.3 Å². The fraction of sp³-hybridized carbons (Fsp3) is 0.872. The van der Waals surface area contributed by atoms with Crippen LogP contribution >= 0.6 is 0 Å². The number of aliphatic hydroxyl groups excluding tert-OH is 2. The van der Waals surface area contributed by atoms with Crippen molar-refractivity contribution < 1.29 is 72.3 Å². The Morgan fingerprint density at radius 2 is 1.40 bits per heavy atom. The lowest BCUT2D eigenvalue weighted by Crippen LogP contribution is -2.66. The van der Waals surface area contributed by atoms with Gasteiger partial charge in [-0.15, -0.1) is 0 Å². The van der Waals surface area contributed by atoms with Crippen LogP contribution in [-0.4, -0.2) is 146 Å². The highest BCUT2D eigenvalue weighted by Crippen LogP contribution is 2.68. The van der Waals surface area contributed by atoms with Crippen molar-refractivity contribution in [2.45, 2.75) is 211 Å². The van der Waals surface area contributed by atoms with E-state index in [9.17, 15) is 24.9 Å². The van der Waals surface area contributed by atoms with Gasteiger partial charge >= 0.3 is 5.97 Å². The van der Waals surface area contributed by atoms with E-state index < -0.39 is 96.9 Å². The molecule has 0 aromatic heterocycles. The summed E-state index contributed by atoms with van der Waals surface area (Å²) in [6.07, 6.45) is 0.173. The molecule has 7 rings (SSSR count). The van der Waals surface area contributed by atoms with Crippen molar-refractivity contribution in [1.29, 1.82) is 0 Å². The molecule has 15 heteroatoms. The fourth-order valence-electron chi connectivity index (χ4n) is 12.8. The molecule has 0 aromatic carbocycles. The first-order chi connectivity index (χ1) is 29.3. The molecule has 15 nitrogen and oxygen atoms in total. The van der Waals surface area contributed by atoms with Gasteiger partial charge in [-0.25, -0.2) is 4.79 Å². The van der Waals surface area contributed by atoms with E-state index in [1.54, 1.807) is 41.1 Å². The third-order valence-corrected chi connectivity index (χ3v) is 16.6. The van der Waals surface area contributed by atoms with Gasteiger partial charge < -0.3 is 62.7 Å². The number of ketones is 1. The van der Waals surface area contributed by atoms with Gasteiger partial charge in [-0.05, 0) is 104 Å². The number of carbonyl (C=O) groups is 2. The minimum atomic E-state index is -1.22. The van der Waals surface area contributed by atoms with E-state index in [-0.39, 0.29) is 41.2 Å². The molecule has 0 amide bonds. The summed E-state index contributed by atoms with van der Waals surface area (Å²) in [6.45, 7) is 15.0. The Hall–Kier alpha value is -1.86. The number of methoxy groups -OCH3 is 3. The number of carbonyl (C=O) groups excluding carboxylic acids is 2. The van der Waals surface area contributed by atoms with E-state index in [0.717, 1.165) is 19.3 Å². The lowest BCUT2D eigenvalue weighted by Gasteiger charge is -2.63. The zero-order valence-corrected chi connectivity index (χ0v) is 38.7. The van der Waals surface area contributed by atoms with Gasteiger partial charge in [0.05, 0.1) is 42.2 Å². The Morgan fingerprint density at radius 3 is 2.00 bits per heavy atom. The summed E-state index contributed by atoms with van der Waals surface area (Å²) in [6, 6.07) is 0. The first kappa shape index (κ1) is 48.1. The normalized spacial score (nSPS) is 49.6. The van der Waals surface area contributed by atoms with Gasteiger partial charge in [0.1, 0.15) is 42.4 Å². The Bertz CT molecular complexity index is 1670. The molecule has 3 saturated carbocycles. The summed E-state index contributed by atoms with van der Waals surface area (Å²) in [7, 11) is 4.68. The minimum absolute atomic E-state index is 0.0391. The van der Waals surface area contributed by atoms with Gasteiger partial charge in [0.15, 0.2) is 18.9 Å². The number of esters is 1. The molecule has 62 heavy (non-hydrogen) atoms. The lowest BCUT2D eigenvalue weighted by atomic mass is 9.45. The van der Waals surface area contributed by atoms with Crippen LogP contribution in [0, 0.1) is 28.6 Å². The monoisotopic (exact) mass is 879 g/mol. The Balaban J connectivity index is 0.980. The van der Waals surface area contributed by atoms with Crippen LogP contribution in [0.15, 0.2) is 23.3 Å². The van der Waals surface area contributed by atoms with Crippen molar-refractivity contribution in [2.24, 2.45) is 28.6 Å². The average Bonchev–Trinajstić information content (AvgIpc) is 3.53. The lowest BCUT2D eigenvalue weighted by molar-refractivity contribution is -0.352. The molecule has 0 unspecified atom stereocenters. The van der Waals surface area contributed by atoms with Crippen LogP contribution in [0.1, 0.15) is 113 Å². The Morgan fingerprint density at radius 1 is 0.774 bits per heavy atom. The van der Waals surface area contributed by atoms with E-state index in [1.165, 1.54) is 12.7 Å². The van der Waals surface area contributed by atoms with Crippen LogP contribution in [0.2, 0.25) is 0 Å². The van der Waals surface area contributed by atoms with E-state index in [2.05, 4.69) is 13.0 Å². The van der Waals surface area contributed by atoms with Crippen molar-refractivity contribution in [1.82, 2.24) is 0 Å². The first-order valence-corrected chi connectivity index (χ1v) is 23.0. The largest absolute Gasteiger partial charge is 0.458 e. The van der Waals surface area contributed by atoms with Crippen LogP contribution < -0.4 is 0 Å². The minimum Gasteiger partial charge on any atom is -0.458 e. The second-order valence-corrected chi connectivity index (χ2v) is 19.8. The molecule has 21 atom stereocenters. The number of ether oxygens (including phenoxy) is 10. The highest BCUT2D eigenvalue weighted by atomic mass is 16.8. The van der Waals surface area contributed by atoms with Gasteiger partial charge in [0.25, 0.3) is 0 Å². The van der Waals surface area contributed by atoms with Gasteiger partial charge in [0, 0.05) is 51.1 Å². The molecule has 3 heterocycles. The van der Waals surface area contributed by atoms with Crippen LogP contribution in [-0.2, 0) is 57.0 Å². The molecule has 6 fully saturated rings. The van der Waals surface area contributed by atoms with Gasteiger partial charge in [-0.1, -0.05) is 31.6 Å². The predicted octanol–water partition coefficient (Wildman–Crippen LogP) is 4.69. The highest BCUT2D eigenvalue weighted by molar-refractivity contribution is 5.88. The molecule has 7 aliphatic rings. The molecular formula is C47H74O15. The van der Waals surface area contributed by atoms with Gasteiger partial charge in [0.2, 0.25) is 0 Å². The van der Waals surface area contributed by atoms with Crippen molar-refractivity contribution in [3.63, 3.8) is 0 Å². The quantitative estimate of drug-likeness (QED) is 0.139. The van der Waals surface area contributed by atoms with Gasteiger partial charge in [-0.3, -0.25) is 4.79 Å². The highest BCUT2D eigenvalue weighted by Gasteiger charge is 2.71. The summed E-state index contributed by atoms with van der Waals surface area (Å²) >= 11 is 0. The molecule has 0 aromatic rings. The number of allylic oxidation sites excluding steroid dienone is 2. The molecule has 0 radical (unpaired) electrons. The molecule has 352 valence electrons. The summed E-state index contributed by atoms with van der Waals surface area (Å²) in [5, 5.41) is 34.1. The molecule has 0 spiro atoms. The zero-order chi connectivity index (χ0) is 45.1. The van der Waals surface area contributed by atoms with Crippen LogP contribution in [0.4, 0.5) is 0 Å². The summed E-state index contributed by atoms with van der Waals surface area (Å²) in [5.41, 5.74) is -0.439. The number of hydrogen-bond donors (Lipinski definition) is 3. The number of rotatable bonds is 12. The van der Waals surface area contributed by atoms with Gasteiger partial charge in [-0.2, -0.15) is 0 Å². The zero-order valence-electron chi connectivity index (χ0n) is 38.7. The summed E-state index contributed by atoms with van der Waals surface area (Å²) < 4.78 is 61.8. The Kier molecular flexibility index (Phi) is 14.6. The summed E-state index contributed by atoms with van der Waals surface area (Å²) in [4.78, 5) is 26.4. The fourth-order valence-corrected chi connectivity index (χ4v) is 12.8. The predicted molar refractivity (Wildman–Crippen MR) is 223 cm³/mol. The first-order valence-electron chi connectivity index (χ1n) is 23.0. The molecule has 0 bridgehead atoms. The SMILES string of the molecule is C/C=C(\C)C(=O)O[C@@H]1C[C@H]2[C@@H](CC=C3C[C@@H](O[C@H]4C[C@H](OC)[C@H](O[C@H]5C[C@H](OC)[C@H](O[C@@H]6O[C@H](C)[C@@H](O)[C@H](OC)[C@H]6O)[C@@H](C)O5)[C@@H](C)O4)CC[C@@]32C)[C@]2(O)CC[C@H](C(C)=O)[C@@]12C. The molecule has 3 aliphatic heterocycles. The maximum Gasteiger partial charge on any atom is 0.333 e. The molecule has 3 saturated heterocycles. The number of hydrogen-bond acceptors (Lipinski definition) is 15. The third-order valence-electron chi connectivity index (χ3n) is 16.6. The maximum atomic E-state index is 13.3. The van der Waals surface area contributed by atoms with Crippen molar-refractivity contribution >= 4 is 11.8 Å². The molecular weight excluding hydrogens is 805 g/mol. The number of Topliss-reactive ketones (excluding diaryl/α,β-unsaturated/α-hetero) is 1. The second kappa shape index (κ2) is 18.8. The van der Waals surface area contributed by atoms with Crippen molar-refractivity contribution in [3.8, 4) is 0 Å². The molecule has 3 N–H and O–H groups in total. The summed E-state index contributed by atoms with van der Waals surface area (Å²) in [5.74, 6) is -0.727. The maximum absolute atomic E-state index is 13.3. The van der Waals surface area contributed by atoms with E-state index in [4.69, 9.17) is 47.4 Å². The number of fused-ring (bicyclic) bond motifs is 5. The molecule has 4 aliphatic carbocycles. The van der Waals surface area contributed by atoms with Crippen LogP contribution in [0.5, 0.6) is 0 Å². The number of aliphatic hydroxyl groups is 3. The van der Waals surface area contributed by atoms with Crippen LogP contribution in [0.3, 0.4) is 0 Å². The topological polar surface area (TPSA) is 187 Å². The third kappa shape index (κ3) is 8.42. The van der Waals surface area contributed by atoms with E-state index in [0.29, 0.717) is 44.1 Å². The smallest absolute Gasteiger partial charge is 0.333 e. The Labute approximate surface area is 367 Å². The van der Waals surface area contributed by atoms with Crippen LogP contribution in [0.25, 0.3) is 0 Å². The average molecular weight is 879 g/mol. The second-order valence-electron chi connectivity index (χ2n) is 19.8. The van der Waals surface area contributed by atoms with Crippen molar-refractivity contribution in [2.75, 3.05) is 21.3 Å².